The molecule has 20 heavy (non-hydrogen) atoms. The van der Waals surface area contributed by atoms with Crippen molar-refractivity contribution in [3.05, 3.63) is 46.1 Å². The SMILES string of the molecule is COc1ccc(-c2cc(SC)c(C#N)c(=O)o2)c(F)c1. The molecule has 1 heterocycles. The molecule has 0 spiro atoms. The molecule has 1 aromatic heterocycles. The highest BCUT2D eigenvalue weighted by atomic mass is 32.2. The molecule has 0 unspecified atom stereocenters. The van der Waals surface area contributed by atoms with Crippen LogP contribution in [0.2, 0.25) is 0 Å². The first kappa shape index (κ1) is 14.2. The van der Waals surface area contributed by atoms with E-state index in [4.69, 9.17) is 14.4 Å². The Bertz CT molecular complexity index is 749. The van der Waals surface area contributed by atoms with Crippen LogP contribution in [0.5, 0.6) is 5.75 Å². The first-order valence-corrected chi connectivity index (χ1v) is 6.79. The molecule has 0 amide bonds. The number of benzene rings is 1. The maximum absolute atomic E-state index is 14.0. The van der Waals surface area contributed by atoms with Crippen molar-refractivity contribution in [1.29, 1.82) is 5.26 Å². The number of hydrogen-bond donors (Lipinski definition) is 0. The molecule has 0 saturated heterocycles. The van der Waals surface area contributed by atoms with E-state index < -0.39 is 11.4 Å². The summed E-state index contributed by atoms with van der Waals surface area (Å²) in [6, 6.07) is 7.49. The molecule has 0 aliphatic rings. The Morgan fingerprint density at radius 1 is 1.40 bits per heavy atom. The van der Waals surface area contributed by atoms with Crippen LogP contribution >= 0.6 is 11.8 Å². The molecule has 0 atom stereocenters. The molecule has 0 aliphatic heterocycles. The zero-order valence-corrected chi connectivity index (χ0v) is 11.6. The lowest BCUT2D eigenvalue weighted by molar-refractivity contribution is 0.411. The third-order valence-corrected chi connectivity index (χ3v) is 3.45. The summed E-state index contributed by atoms with van der Waals surface area (Å²) in [7, 11) is 1.43. The molecule has 0 N–H and O–H groups in total. The van der Waals surface area contributed by atoms with Gasteiger partial charge < -0.3 is 9.15 Å². The van der Waals surface area contributed by atoms with Gasteiger partial charge >= 0.3 is 5.63 Å². The molecule has 4 nitrogen and oxygen atoms in total. The smallest absolute Gasteiger partial charge is 0.355 e. The summed E-state index contributed by atoms with van der Waals surface area (Å²) < 4.78 is 23.9. The van der Waals surface area contributed by atoms with Crippen LogP contribution in [0.3, 0.4) is 0 Å². The van der Waals surface area contributed by atoms with Crippen LogP contribution < -0.4 is 10.4 Å². The van der Waals surface area contributed by atoms with Crippen molar-refractivity contribution in [2.45, 2.75) is 4.90 Å². The summed E-state index contributed by atoms with van der Waals surface area (Å²) in [6.07, 6.45) is 1.73. The predicted molar refractivity (Wildman–Crippen MR) is 73.4 cm³/mol. The largest absolute Gasteiger partial charge is 0.497 e. The lowest BCUT2D eigenvalue weighted by Gasteiger charge is -2.06. The highest BCUT2D eigenvalue weighted by Gasteiger charge is 2.15. The monoisotopic (exact) mass is 291 g/mol. The quantitative estimate of drug-likeness (QED) is 0.813. The van der Waals surface area contributed by atoms with Crippen LogP contribution in [0.4, 0.5) is 4.39 Å². The zero-order chi connectivity index (χ0) is 14.7. The van der Waals surface area contributed by atoms with Crippen molar-refractivity contribution in [2.24, 2.45) is 0 Å². The Kier molecular flexibility index (Phi) is 4.11. The van der Waals surface area contributed by atoms with Crippen LogP contribution in [0.1, 0.15) is 5.56 Å². The maximum atomic E-state index is 14.0. The molecule has 2 rings (SSSR count). The molecular weight excluding hydrogens is 281 g/mol. The second-order valence-electron chi connectivity index (χ2n) is 3.80. The molecule has 0 bridgehead atoms. The Labute approximate surface area is 118 Å². The summed E-state index contributed by atoms with van der Waals surface area (Å²) in [6.45, 7) is 0. The van der Waals surface area contributed by atoms with Crippen molar-refractivity contribution >= 4 is 11.8 Å². The van der Waals surface area contributed by atoms with Crippen LogP contribution in [0.15, 0.2) is 38.4 Å². The Hall–Kier alpha value is -2.26. The summed E-state index contributed by atoms with van der Waals surface area (Å²) in [4.78, 5) is 12.2. The molecule has 0 radical (unpaired) electrons. The van der Waals surface area contributed by atoms with Crippen LogP contribution in [0, 0.1) is 17.1 Å². The molecule has 1 aromatic carbocycles. The fourth-order valence-corrected chi connectivity index (χ4v) is 2.25. The van der Waals surface area contributed by atoms with Gasteiger partial charge in [0.15, 0.2) is 5.56 Å². The summed E-state index contributed by atoms with van der Waals surface area (Å²) in [5, 5.41) is 8.90. The van der Waals surface area contributed by atoms with Crippen molar-refractivity contribution in [1.82, 2.24) is 0 Å². The van der Waals surface area contributed by atoms with Crippen LogP contribution in [-0.2, 0) is 0 Å². The fraction of sp³-hybridized carbons (Fsp3) is 0.143. The van der Waals surface area contributed by atoms with Gasteiger partial charge in [-0.25, -0.2) is 9.18 Å². The first-order valence-electron chi connectivity index (χ1n) is 5.57. The summed E-state index contributed by atoms with van der Waals surface area (Å²) in [5.74, 6) is -0.116. The van der Waals surface area contributed by atoms with Gasteiger partial charge in [0.2, 0.25) is 0 Å². The number of methoxy groups -OCH3 is 1. The van der Waals surface area contributed by atoms with E-state index in [-0.39, 0.29) is 16.9 Å². The van der Waals surface area contributed by atoms with Gasteiger partial charge in [0.25, 0.3) is 0 Å². The van der Waals surface area contributed by atoms with Gasteiger partial charge in [-0.2, -0.15) is 5.26 Å². The third-order valence-electron chi connectivity index (χ3n) is 2.69. The molecule has 0 fully saturated rings. The van der Waals surface area contributed by atoms with Gasteiger partial charge in [0, 0.05) is 11.0 Å². The van der Waals surface area contributed by atoms with Crippen molar-refractivity contribution < 1.29 is 13.5 Å². The van der Waals surface area contributed by atoms with Crippen LogP contribution in [0.25, 0.3) is 11.3 Å². The highest BCUT2D eigenvalue weighted by molar-refractivity contribution is 7.98. The standard InChI is InChI=1S/C14H10FNO3S/c1-18-8-3-4-9(11(15)5-8)12-6-13(20-2)10(7-16)14(17)19-12/h3-6H,1-2H3. The average Bonchev–Trinajstić information content (AvgIpc) is 2.46. The highest BCUT2D eigenvalue weighted by Crippen LogP contribution is 2.29. The van der Waals surface area contributed by atoms with Crippen LogP contribution in [-0.4, -0.2) is 13.4 Å². The molecule has 6 heteroatoms. The number of nitriles is 1. The van der Waals surface area contributed by atoms with E-state index >= 15 is 0 Å². The average molecular weight is 291 g/mol. The number of hydrogen-bond acceptors (Lipinski definition) is 5. The van der Waals surface area contributed by atoms with Crippen molar-refractivity contribution in [3.63, 3.8) is 0 Å². The number of nitrogens with zero attached hydrogens (tertiary/aromatic N) is 1. The number of ether oxygens (including phenoxy) is 1. The number of thioether (sulfide) groups is 1. The van der Waals surface area contributed by atoms with E-state index in [0.29, 0.717) is 10.6 Å². The fourth-order valence-electron chi connectivity index (χ4n) is 1.69. The zero-order valence-electron chi connectivity index (χ0n) is 10.8. The minimum Gasteiger partial charge on any atom is -0.497 e. The summed E-state index contributed by atoms with van der Waals surface area (Å²) >= 11 is 1.23. The van der Waals surface area contributed by atoms with Gasteiger partial charge in [-0.3, -0.25) is 0 Å². The Morgan fingerprint density at radius 2 is 2.15 bits per heavy atom. The Balaban J connectivity index is 2.62. The number of halogens is 1. The van der Waals surface area contributed by atoms with Gasteiger partial charge in [0.05, 0.1) is 12.7 Å². The second kappa shape index (κ2) is 5.80. The first-order chi connectivity index (χ1) is 9.60. The molecule has 0 aliphatic carbocycles. The lowest BCUT2D eigenvalue weighted by Crippen LogP contribution is -2.06. The van der Waals surface area contributed by atoms with E-state index in [1.807, 2.05) is 0 Å². The van der Waals surface area contributed by atoms with E-state index in [0.717, 1.165) is 0 Å². The van der Waals surface area contributed by atoms with E-state index in [1.165, 1.54) is 37.1 Å². The molecule has 0 saturated carbocycles. The predicted octanol–water partition coefficient (Wildman–Crippen LogP) is 3.05. The molecule has 2 aromatic rings. The third kappa shape index (κ3) is 2.53. The minimum absolute atomic E-state index is 0.0739. The summed E-state index contributed by atoms with van der Waals surface area (Å²) in [5.41, 5.74) is -0.706. The van der Waals surface area contributed by atoms with Crippen molar-refractivity contribution in [3.8, 4) is 23.1 Å². The normalized spacial score (nSPS) is 10.1. The van der Waals surface area contributed by atoms with Gasteiger partial charge in [0.1, 0.15) is 23.4 Å². The Morgan fingerprint density at radius 3 is 2.70 bits per heavy atom. The maximum Gasteiger partial charge on any atom is 0.355 e. The van der Waals surface area contributed by atoms with E-state index in [9.17, 15) is 9.18 Å². The van der Waals surface area contributed by atoms with Crippen molar-refractivity contribution in [2.75, 3.05) is 13.4 Å². The topological polar surface area (TPSA) is 63.2 Å². The van der Waals surface area contributed by atoms with Gasteiger partial charge in [-0.1, -0.05) is 0 Å². The molecule has 102 valence electrons. The van der Waals surface area contributed by atoms with Gasteiger partial charge in [-0.05, 0) is 24.5 Å². The minimum atomic E-state index is -0.774. The number of rotatable bonds is 3. The lowest BCUT2D eigenvalue weighted by atomic mass is 10.1. The second-order valence-corrected chi connectivity index (χ2v) is 4.65. The van der Waals surface area contributed by atoms with E-state index in [1.54, 1.807) is 18.4 Å². The van der Waals surface area contributed by atoms with Gasteiger partial charge in [-0.15, -0.1) is 11.8 Å². The van der Waals surface area contributed by atoms with E-state index in [2.05, 4.69) is 0 Å². The molecular formula is C14H10FNO3S.